The van der Waals surface area contributed by atoms with Crippen LogP contribution in [0.2, 0.25) is 0 Å². The number of aromatic nitrogens is 2. The third-order valence-corrected chi connectivity index (χ3v) is 3.95. The average Bonchev–Trinajstić information content (AvgIpc) is 2.78. The summed E-state index contributed by atoms with van der Waals surface area (Å²) < 4.78 is 1.99. The van der Waals surface area contributed by atoms with Gasteiger partial charge in [-0.15, -0.1) is 0 Å². The highest BCUT2D eigenvalue weighted by molar-refractivity contribution is 5.03. The highest BCUT2D eigenvalue weighted by Gasteiger charge is 2.25. The van der Waals surface area contributed by atoms with E-state index in [-0.39, 0.29) is 0 Å². The van der Waals surface area contributed by atoms with Crippen LogP contribution in [0.4, 0.5) is 0 Å². The number of nitrogens with zero attached hydrogens (tertiary/aromatic N) is 2. The maximum absolute atomic E-state index is 4.29. The molecular weight excluding hydrogens is 210 g/mol. The highest BCUT2D eigenvalue weighted by Crippen LogP contribution is 2.34. The Morgan fingerprint density at radius 1 is 1.35 bits per heavy atom. The molecule has 1 N–H and O–H groups in total. The maximum atomic E-state index is 4.29. The van der Waals surface area contributed by atoms with Crippen molar-refractivity contribution in [2.45, 2.75) is 59.0 Å². The van der Waals surface area contributed by atoms with Gasteiger partial charge in [0.05, 0.1) is 6.20 Å². The Bertz CT molecular complexity index is 337. The molecule has 1 saturated carbocycles. The molecule has 17 heavy (non-hydrogen) atoms. The van der Waals surface area contributed by atoms with Gasteiger partial charge in [-0.25, -0.2) is 0 Å². The van der Waals surface area contributed by atoms with Gasteiger partial charge in [-0.05, 0) is 25.2 Å². The summed E-state index contributed by atoms with van der Waals surface area (Å²) in [5, 5.41) is 7.89. The van der Waals surface area contributed by atoms with Crippen molar-refractivity contribution in [2.75, 3.05) is 6.54 Å². The fraction of sp³-hybridized carbons (Fsp3) is 0.786. The normalized spacial score (nSPS) is 19.4. The Hall–Kier alpha value is -0.830. The molecule has 0 unspecified atom stereocenters. The number of aryl methyl sites for hydroxylation is 1. The average molecular weight is 235 g/mol. The maximum Gasteiger partial charge on any atom is 0.0534 e. The van der Waals surface area contributed by atoms with Crippen LogP contribution in [-0.4, -0.2) is 16.3 Å². The molecule has 0 atom stereocenters. The van der Waals surface area contributed by atoms with E-state index in [0.29, 0.717) is 5.41 Å². The van der Waals surface area contributed by atoms with Gasteiger partial charge in [0.15, 0.2) is 0 Å². The van der Waals surface area contributed by atoms with Crippen LogP contribution in [0.5, 0.6) is 0 Å². The monoisotopic (exact) mass is 235 g/mol. The van der Waals surface area contributed by atoms with E-state index in [1.54, 1.807) is 0 Å². The van der Waals surface area contributed by atoms with Crippen molar-refractivity contribution in [1.82, 2.24) is 15.1 Å². The van der Waals surface area contributed by atoms with Crippen molar-refractivity contribution in [3.8, 4) is 0 Å². The molecule has 1 aliphatic carbocycles. The van der Waals surface area contributed by atoms with Crippen LogP contribution < -0.4 is 5.32 Å². The lowest BCUT2D eigenvalue weighted by atomic mass is 9.76. The minimum Gasteiger partial charge on any atom is -0.312 e. The first-order chi connectivity index (χ1) is 8.22. The molecule has 1 aromatic rings. The van der Waals surface area contributed by atoms with E-state index >= 15 is 0 Å². The predicted octanol–water partition coefficient (Wildman–Crippen LogP) is 2.96. The zero-order valence-electron chi connectivity index (χ0n) is 11.2. The summed E-state index contributed by atoms with van der Waals surface area (Å²) in [6.45, 7) is 7.60. The van der Waals surface area contributed by atoms with E-state index in [1.165, 1.54) is 37.7 Å². The zero-order valence-corrected chi connectivity index (χ0v) is 11.2. The molecule has 0 radical (unpaired) electrons. The van der Waals surface area contributed by atoms with Gasteiger partial charge in [0, 0.05) is 31.4 Å². The predicted molar refractivity (Wildman–Crippen MR) is 70.8 cm³/mol. The minimum atomic E-state index is 0.527. The van der Waals surface area contributed by atoms with Gasteiger partial charge in [0.25, 0.3) is 0 Å². The quantitative estimate of drug-likeness (QED) is 0.850. The second kappa shape index (κ2) is 5.67. The number of hydrogen-bond acceptors (Lipinski definition) is 2. The van der Waals surface area contributed by atoms with Crippen molar-refractivity contribution >= 4 is 0 Å². The Kier molecular flexibility index (Phi) is 4.21. The van der Waals surface area contributed by atoms with Crippen LogP contribution >= 0.6 is 0 Å². The van der Waals surface area contributed by atoms with Gasteiger partial charge in [-0.2, -0.15) is 5.10 Å². The zero-order chi connectivity index (χ0) is 12.1. The molecule has 0 amide bonds. The third kappa shape index (κ3) is 3.56. The van der Waals surface area contributed by atoms with Crippen LogP contribution in [0.1, 0.15) is 51.5 Å². The smallest absolute Gasteiger partial charge is 0.0534 e. The van der Waals surface area contributed by atoms with Gasteiger partial charge in [-0.1, -0.05) is 26.2 Å². The minimum absolute atomic E-state index is 0.527. The first-order valence-corrected chi connectivity index (χ1v) is 6.94. The Morgan fingerprint density at radius 2 is 2.12 bits per heavy atom. The number of rotatable bonds is 5. The lowest BCUT2D eigenvalue weighted by Crippen LogP contribution is -2.33. The van der Waals surface area contributed by atoms with Crippen molar-refractivity contribution in [3.63, 3.8) is 0 Å². The summed E-state index contributed by atoms with van der Waals surface area (Å²) in [7, 11) is 0. The van der Waals surface area contributed by atoms with E-state index in [4.69, 9.17) is 0 Å². The lowest BCUT2D eigenvalue weighted by Gasteiger charge is -2.33. The van der Waals surface area contributed by atoms with Gasteiger partial charge in [0.1, 0.15) is 0 Å². The van der Waals surface area contributed by atoms with E-state index in [2.05, 4.69) is 30.5 Å². The van der Waals surface area contributed by atoms with E-state index in [1.807, 2.05) is 10.9 Å². The molecule has 2 rings (SSSR count). The fourth-order valence-corrected chi connectivity index (χ4v) is 2.76. The highest BCUT2D eigenvalue weighted by atomic mass is 15.3. The SMILES string of the molecule is CCn1cc(CNCC2(C)CCCCC2)cn1. The molecular formula is C14H25N3. The van der Waals surface area contributed by atoms with Gasteiger partial charge in [0.2, 0.25) is 0 Å². The molecule has 3 nitrogen and oxygen atoms in total. The molecule has 1 aromatic heterocycles. The van der Waals surface area contributed by atoms with E-state index in [9.17, 15) is 0 Å². The first-order valence-electron chi connectivity index (χ1n) is 6.94. The van der Waals surface area contributed by atoms with Crippen LogP contribution in [0.15, 0.2) is 12.4 Å². The fourth-order valence-electron chi connectivity index (χ4n) is 2.76. The standard InChI is InChI=1S/C14H25N3/c1-3-17-11-13(10-16-17)9-15-12-14(2)7-5-4-6-8-14/h10-11,15H,3-9,12H2,1-2H3. The first kappa shape index (κ1) is 12.6. The summed E-state index contributed by atoms with van der Waals surface area (Å²) in [4.78, 5) is 0. The van der Waals surface area contributed by atoms with Crippen LogP contribution in [-0.2, 0) is 13.1 Å². The van der Waals surface area contributed by atoms with Crippen molar-refractivity contribution in [1.29, 1.82) is 0 Å². The number of hydrogen-bond donors (Lipinski definition) is 1. The van der Waals surface area contributed by atoms with Gasteiger partial charge in [-0.3, -0.25) is 4.68 Å². The molecule has 0 spiro atoms. The van der Waals surface area contributed by atoms with E-state index < -0.39 is 0 Å². The molecule has 96 valence electrons. The molecule has 0 bridgehead atoms. The van der Waals surface area contributed by atoms with Crippen molar-refractivity contribution in [3.05, 3.63) is 18.0 Å². The van der Waals surface area contributed by atoms with Crippen molar-refractivity contribution in [2.24, 2.45) is 5.41 Å². The third-order valence-electron chi connectivity index (χ3n) is 3.95. The molecule has 0 aromatic carbocycles. The molecule has 0 aliphatic heterocycles. The van der Waals surface area contributed by atoms with Crippen LogP contribution in [0.25, 0.3) is 0 Å². The van der Waals surface area contributed by atoms with Crippen molar-refractivity contribution < 1.29 is 0 Å². The molecule has 3 heteroatoms. The molecule has 0 saturated heterocycles. The summed E-state index contributed by atoms with van der Waals surface area (Å²) in [6, 6.07) is 0. The van der Waals surface area contributed by atoms with Gasteiger partial charge < -0.3 is 5.32 Å². The second-order valence-corrected chi connectivity index (χ2v) is 5.68. The van der Waals surface area contributed by atoms with Gasteiger partial charge >= 0.3 is 0 Å². The lowest BCUT2D eigenvalue weighted by molar-refractivity contribution is 0.207. The molecule has 1 aliphatic rings. The van der Waals surface area contributed by atoms with E-state index in [0.717, 1.165) is 19.6 Å². The number of nitrogens with one attached hydrogen (secondary N) is 1. The largest absolute Gasteiger partial charge is 0.312 e. The summed E-state index contributed by atoms with van der Waals surface area (Å²) in [5.41, 5.74) is 1.82. The Morgan fingerprint density at radius 3 is 2.76 bits per heavy atom. The topological polar surface area (TPSA) is 29.9 Å². The molecule has 1 heterocycles. The second-order valence-electron chi connectivity index (χ2n) is 5.68. The Balaban J connectivity index is 1.74. The Labute approximate surface area is 105 Å². The van der Waals surface area contributed by atoms with Crippen LogP contribution in [0.3, 0.4) is 0 Å². The summed E-state index contributed by atoms with van der Waals surface area (Å²) >= 11 is 0. The molecule has 1 fully saturated rings. The summed E-state index contributed by atoms with van der Waals surface area (Å²) in [5.74, 6) is 0. The van der Waals surface area contributed by atoms with Crippen LogP contribution in [0, 0.1) is 5.41 Å². The summed E-state index contributed by atoms with van der Waals surface area (Å²) in [6.07, 6.45) is 11.1.